The molecule has 0 rings (SSSR count). The number of hydrogen-bond donors (Lipinski definition) is 1. The van der Waals surface area contributed by atoms with Gasteiger partial charge in [0, 0.05) is 0 Å². The maximum Gasteiger partial charge on any atom is 0.491 e. The van der Waals surface area contributed by atoms with Gasteiger partial charge in [-0.1, -0.05) is 0 Å². The van der Waals surface area contributed by atoms with Crippen LogP contribution in [-0.2, 0) is 24.3 Å². The lowest BCUT2D eigenvalue weighted by Crippen LogP contribution is -2.62. The van der Waals surface area contributed by atoms with E-state index >= 15 is 0 Å². The Labute approximate surface area is 152 Å². The van der Waals surface area contributed by atoms with E-state index in [0.717, 1.165) is 0 Å². The molecule has 0 aliphatic rings. The SMILES string of the molecule is O=S(=O)(O)C(F)(F)C(F)(F)OC(F)(OC(F)(F)C(F)(F)F)C(F)(F)OC(F)=C(F)F. The lowest BCUT2D eigenvalue weighted by Gasteiger charge is -2.36. The van der Waals surface area contributed by atoms with E-state index in [-0.39, 0.29) is 0 Å². The second-order valence-corrected chi connectivity index (χ2v) is 5.88. The largest absolute Gasteiger partial charge is 0.491 e. The molecule has 1 atom stereocenters. The fraction of sp³-hybridized carbons (Fsp3) is 0.750. The molecule has 1 unspecified atom stereocenters. The zero-order valence-electron chi connectivity index (χ0n) is 12.6. The number of ether oxygens (including phenoxy) is 3. The van der Waals surface area contributed by atoms with Gasteiger partial charge in [0.15, 0.2) is 0 Å². The minimum atomic E-state index is -7.52. The Hall–Kier alpha value is -1.68. The predicted octanol–water partition coefficient (Wildman–Crippen LogP) is 4.52. The van der Waals surface area contributed by atoms with Crippen LogP contribution in [0.25, 0.3) is 0 Å². The average Bonchev–Trinajstić information content (AvgIpc) is 2.42. The van der Waals surface area contributed by atoms with Gasteiger partial charge in [-0.25, -0.2) is 9.47 Å². The Morgan fingerprint density at radius 1 is 0.667 bits per heavy atom. The van der Waals surface area contributed by atoms with Crippen LogP contribution in [0.1, 0.15) is 0 Å². The molecular formula is C8HF15O6S. The molecule has 0 fully saturated rings. The van der Waals surface area contributed by atoms with Crippen molar-refractivity contribution in [2.24, 2.45) is 0 Å². The smallest absolute Gasteiger partial charge is 0.396 e. The molecule has 0 aliphatic heterocycles. The summed E-state index contributed by atoms with van der Waals surface area (Å²) in [5.41, 5.74) is 0. The van der Waals surface area contributed by atoms with Gasteiger partial charge >= 0.3 is 58.0 Å². The lowest BCUT2D eigenvalue weighted by molar-refractivity contribution is -0.574. The minimum absolute atomic E-state index is 1.53. The first kappa shape index (κ1) is 28.3. The molecule has 0 amide bonds. The van der Waals surface area contributed by atoms with Gasteiger partial charge in [0.1, 0.15) is 0 Å². The Balaban J connectivity index is 6.64. The summed E-state index contributed by atoms with van der Waals surface area (Å²) in [7, 11) is -7.52. The van der Waals surface area contributed by atoms with E-state index in [2.05, 4.69) is 0 Å². The van der Waals surface area contributed by atoms with Crippen molar-refractivity contribution < 1.29 is 93.0 Å². The fourth-order valence-corrected chi connectivity index (χ4v) is 1.29. The highest BCUT2D eigenvalue weighted by Crippen LogP contribution is 2.51. The molecule has 0 saturated heterocycles. The van der Waals surface area contributed by atoms with Crippen LogP contribution in [0.3, 0.4) is 0 Å². The maximum atomic E-state index is 13.8. The Bertz CT molecular complexity index is 768. The number of rotatable bonds is 9. The van der Waals surface area contributed by atoms with E-state index in [9.17, 15) is 74.3 Å². The molecule has 6 nitrogen and oxygen atoms in total. The lowest BCUT2D eigenvalue weighted by atomic mass is 10.4. The van der Waals surface area contributed by atoms with Crippen molar-refractivity contribution in [1.29, 1.82) is 0 Å². The number of alkyl halides is 12. The van der Waals surface area contributed by atoms with Gasteiger partial charge < -0.3 is 4.74 Å². The van der Waals surface area contributed by atoms with Gasteiger partial charge in [-0.15, -0.1) is 0 Å². The van der Waals surface area contributed by atoms with Crippen LogP contribution in [0.15, 0.2) is 12.1 Å². The van der Waals surface area contributed by atoms with Gasteiger partial charge in [0.05, 0.1) is 0 Å². The van der Waals surface area contributed by atoms with Crippen molar-refractivity contribution in [2.75, 3.05) is 0 Å². The van der Waals surface area contributed by atoms with Crippen LogP contribution < -0.4 is 0 Å². The van der Waals surface area contributed by atoms with Crippen LogP contribution in [0.4, 0.5) is 65.9 Å². The summed E-state index contributed by atoms with van der Waals surface area (Å²) in [6.45, 7) is 0. The van der Waals surface area contributed by atoms with E-state index < -0.39 is 58.0 Å². The van der Waals surface area contributed by atoms with Crippen molar-refractivity contribution >= 4 is 10.1 Å². The normalized spacial score (nSPS) is 16.8. The third kappa shape index (κ3) is 5.51. The molecule has 0 aromatic rings. The average molecular weight is 510 g/mol. The minimum Gasteiger partial charge on any atom is -0.396 e. The second-order valence-electron chi connectivity index (χ2n) is 4.42. The summed E-state index contributed by atoms with van der Waals surface area (Å²) in [5.74, 6) is 0. The zero-order chi connectivity index (χ0) is 24.8. The summed E-state index contributed by atoms with van der Waals surface area (Å²) in [5, 5.41) is -7.27. The van der Waals surface area contributed by atoms with Crippen molar-refractivity contribution in [2.45, 2.75) is 35.8 Å². The van der Waals surface area contributed by atoms with E-state index in [0.29, 0.717) is 0 Å². The standard InChI is InChI=1S/C8HF15O6S/c9-1(10)2(11)27-6(19,20)8(23,28-4(15,16)3(12,13)14)29-5(17,18)7(21,22)30(24,25)26/h(H,24,25,26). The molecule has 0 bridgehead atoms. The Morgan fingerprint density at radius 3 is 1.33 bits per heavy atom. The molecule has 0 aromatic heterocycles. The Morgan fingerprint density at radius 2 is 1.03 bits per heavy atom. The topological polar surface area (TPSA) is 82.1 Å². The molecule has 0 aliphatic carbocycles. The summed E-state index contributed by atoms with van der Waals surface area (Å²) in [6, 6.07) is -11.5. The van der Waals surface area contributed by atoms with Gasteiger partial charge in [0.25, 0.3) is 0 Å². The third-order valence-electron chi connectivity index (χ3n) is 2.23. The summed E-state index contributed by atoms with van der Waals surface area (Å²) < 4.78 is 222. The van der Waals surface area contributed by atoms with Crippen LogP contribution in [0.2, 0.25) is 0 Å². The molecule has 0 aromatic carbocycles. The second kappa shape index (κ2) is 7.78. The monoisotopic (exact) mass is 510 g/mol. The molecule has 1 N–H and O–H groups in total. The zero-order valence-corrected chi connectivity index (χ0v) is 13.4. The summed E-state index contributed by atoms with van der Waals surface area (Å²) in [6.07, 6.45) is -33.6. The molecule has 180 valence electrons. The molecular weight excluding hydrogens is 509 g/mol. The van der Waals surface area contributed by atoms with E-state index in [1.807, 2.05) is 4.74 Å². The molecule has 30 heavy (non-hydrogen) atoms. The highest BCUT2D eigenvalue weighted by Gasteiger charge is 2.79. The first-order valence-electron chi connectivity index (χ1n) is 5.78. The Kier molecular flexibility index (Phi) is 7.34. The number of halogens is 15. The molecule has 0 radical (unpaired) electrons. The van der Waals surface area contributed by atoms with Crippen molar-refractivity contribution in [1.82, 2.24) is 0 Å². The molecule has 0 heterocycles. The summed E-state index contributed by atoms with van der Waals surface area (Å²) in [4.78, 5) is 0. The first-order chi connectivity index (χ1) is 12.7. The van der Waals surface area contributed by atoms with Gasteiger partial charge in [-0.2, -0.15) is 74.3 Å². The predicted molar refractivity (Wildman–Crippen MR) is 54.8 cm³/mol. The van der Waals surface area contributed by atoms with E-state index in [1.54, 1.807) is 4.74 Å². The van der Waals surface area contributed by atoms with Crippen LogP contribution in [-0.4, -0.2) is 48.8 Å². The number of hydrogen-bond acceptors (Lipinski definition) is 5. The van der Waals surface area contributed by atoms with Gasteiger partial charge in [-0.3, -0.25) is 4.55 Å². The van der Waals surface area contributed by atoms with Gasteiger partial charge in [-0.05, 0) is 0 Å². The van der Waals surface area contributed by atoms with Crippen molar-refractivity contribution in [3.8, 4) is 0 Å². The molecule has 0 spiro atoms. The summed E-state index contributed by atoms with van der Waals surface area (Å²) >= 11 is 0. The van der Waals surface area contributed by atoms with Crippen molar-refractivity contribution in [3.05, 3.63) is 12.1 Å². The quantitative estimate of drug-likeness (QED) is 0.213. The van der Waals surface area contributed by atoms with E-state index in [1.165, 1.54) is 4.74 Å². The fourth-order valence-electron chi connectivity index (χ4n) is 0.949. The molecule has 22 heteroatoms. The molecule has 0 saturated carbocycles. The highest BCUT2D eigenvalue weighted by atomic mass is 32.2. The van der Waals surface area contributed by atoms with Crippen LogP contribution in [0, 0.1) is 0 Å². The van der Waals surface area contributed by atoms with E-state index in [4.69, 9.17) is 4.55 Å². The van der Waals surface area contributed by atoms with Crippen LogP contribution in [0.5, 0.6) is 0 Å². The highest BCUT2D eigenvalue weighted by molar-refractivity contribution is 7.86. The first-order valence-corrected chi connectivity index (χ1v) is 7.22. The van der Waals surface area contributed by atoms with Gasteiger partial charge in [0.2, 0.25) is 0 Å². The third-order valence-corrected chi connectivity index (χ3v) is 3.11. The van der Waals surface area contributed by atoms with Crippen molar-refractivity contribution in [3.63, 3.8) is 0 Å². The van der Waals surface area contributed by atoms with Crippen LogP contribution >= 0.6 is 0 Å². The maximum absolute atomic E-state index is 13.8.